The van der Waals surface area contributed by atoms with E-state index < -0.39 is 11.7 Å². The summed E-state index contributed by atoms with van der Waals surface area (Å²) in [7, 11) is 0. The van der Waals surface area contributed by atoms with Crippen molar-refractivity contribution in [2.24, 2.45) is 0 Å². The van der Waals surface area contributed by atoms with Gasteiger partial charge in [-0.3, -0.25) is 4.79 Å². The molecule has 2 aromatic carbocycles. The molecular formula is C18H13F4N3OS2. The van der Waals surface area contributed by atoms with E-state index in [2.05, 4.69) is 10.3 Å². The summed E-state index contributed by atoms with van der Waals surface area (Å²) in [5, 5.41) is 2.97. The highest BCUT2D eigenvalue weighted by Crippen LogP contribution is 2.35. The molecule has 0 bridgehead atoms. The van der Waals surface area contributed by atoms with Crippen molar-refractivity contribution >= 4 is 39.7 Å². The van der Waals surface area contributed by atoms with Gasteiger partial charge >= 0.3 is 6.18 Å². The molecule has 3 rings (SSSR count). The van der Waals surface area contributed by atoms with Gasteiger partial charge in [0.05, 0.1) is 11.3 Å². The van der Waals surface area contributed by atoms with Crippen LogP contribution >= 0.6 is 23.1 Å². The Morgan fingerprint density at radius 2 is 1.75 bits per heavy atom. The lowest BCUT2D eigenvalue weighted by atomic mass is 10.2. The Hall–Kier alpha value is -2.59. The van der Waals surface area contributed by atoms with Gasteiger partial charge in [-0.25, -0.2) is 9.37 Å². The molecule has 0 saturated heterocycles. The highest BCUT2D eigenvalue weighted by Gasteiger charge is 2.30. The smallest absolute Gasteiger partial charge is 0.389 e. The zero-order chi connectivity index (χ0) is 20.3. The molecule has 1 heterocycles. The van der Waals surface area contributed by atoms with E-state index in [4.69, 9.17) is 5.73 Å². The number of carbonyl (C=O) groups excluding carboxylic acids is 1. The molecule has 0 atom stereocenters. The van der Waals surface area contributed by atoms with E-state index in [1.165, 1.54) is 35.6 Å². The molecule has 146 valence electrons. The van der Waals surface area contributed by atoms with Crippen LogP contribution in [0.4, 0.5) is 28.3 Å². The number of nitrogens with zero attached hydrogens (tertiary/aromatic N) is 1. The van der Waals surface area contributed by atoms with Crippen molar-refractivity contribution in [2.45, 2.75) is 10.5 Å². The van der Waals surface area contributed by atoms with Gasteiger partial charge in [0.25, 0.3) is 0 Å². The second kappa shape index (κ2) is 8.19. The van der Waals surface area contributed by atoms with Gasteiger partial charge in [-0.05, 0) is 48.5 Å². The van der Waals surface area contributed by atoms with Gasteiger partial charge in [0.15, 0.2) is 4.34 Å². The van der Waals surface area contributed by atoms with Crippen LogP contribution in [-0.4, -0.2) is 16.6 Å². The third-order valence-electron chi connectivity index (χ3n) is 3.57. The van der Waals surface area contributed by atoms with Gasteiger partial charge in [-0.1, -0.05) is 23.1 Å². The van der Waals surface area contributed by atoms with Gasteiger partial charge < -0.3 is 11.1 Å². The third kappa shape index (κ3) is 5.02. The lowest BCUT2D eigenvalue weighted by Gasteiger charge is -2.08. The van der Waals surface area contributed by atoms with E-state index in [0.717, 1.165) is 23.9 Å². The van der Waals surface area contributed by atoms with Crippen molar-refractivity contribution in [3.8, 4) is 11.3 Å². The van der Waals surface area contributed by atoms with Crippen LogP contribution in [0.2, 0.25) is 0 Å². The minimum Gasteiger partial charge on any atom is -0.389 e. The Kier molecular flexibility index (Phi) is 5.90. The fourth-order valence-corrected chi connectivity index (χ4v) is 4.00. The summed E-state index contributed by atoms with van der Waals surface area (Å²) in [5.41, 5.74) is 6.60. The molecule has 10 heteroatoms. The molecule has 0 spiro atoms. The number of hydrogen-bond acceptors (Lipinski definition) is 5. The molecular weight excluding hydrogens is 414 g/mol. The molecule has 0 radical (unpaired) electrons. The number of halogens is 4. The van der Waals surface area contributed by atoms with Gasteiger partial charge in [0, 0.05) is 11.3 Å². The first kappa shape index (κ1) is 20.2. The average molecular weight is 427 g/mol. The summed E-state index contributed by atoms with van der Waals surface area (Å²) in [6.07, 6.45) is -4.43. The topological polar surface area (TPSA) is 68.0 Å². The van der Waals surface area contributed by atoms with Crippen molar-refractivity contribution in [3.63, 3.8) is 0 Å². The van der Waals surface area contributed by atoms with Crippen molar-refractivity contribution in [3.05, 3.63) is 59.9 Å². The van der Waals surface area contributed by atoms with Crippen LogP contribution in [0, 0.1) is 5.82 Å². The highest BCUT2D eigenvalue weighted by atomic mass is 32.2. The SMILES string of the molecule is Nc1sc(SCC(=O)Nc2ccc(C(F)(F)F)cc2)nc1-c1ccc(F)cc1. The fraction of sp³-hybridized carbons (Fsp3) is 0.111. The number of anilines is 2. The molecule has 0 fully saturated rings. The van der Waals surface area contributed by atoms with E-state index in [0.29, 0.717) is 20.6 Å². The summed E-state index contributed by atoms with van der Waals surface area (Å²) in [6.45, 7) is 0. The molecule has 3 N–H and O–H groups in total. The van der Waals surface area contributed by atoms with E-state index in [1.54, 1.807) is 12.1 Å². The molecule has 0 saturated carbocycles. The molecule has 0 aliphatic heterocycles. The molecule has 3 aromatic rings. The second-order valence-electron chi connectivity index (χ2n) is 5.61. The van der Waals surface area contributed by atoms with Gasteiger partial charge in [-0.15, -0.1) is 0 Å². The number of nitrogens with two attached hydrogens (primary N) is 1. The monoisotopic (exact) mass is 427 g/mol. The first-order valence-corrected chi connectivity index (χ1v) is 9.65. The predicted octanol–water partition coefficient (Wildman–Crippen LogP) is 5.28. The lowest BCUT2D eigenvalue weighted by Crippen LogP contribution is -2.14. The van der Waals surface area contributed by atoms with Gasteiger partial charge in [0.2, 0.25) is 5.91 Å². The van der Waals surface area contributed by atoms with E-state index in [1.807, 2.05) is 0 Å². The molecule has 1 amide bonds. The van der Waals surface area contributed by atoms with Crippen LogP contribution in [0.25, 0.3) is 11.3 Å². The Bertz CT molecular complexity index is 970. The lowest BCUT2D eigenvalue weighted by molar-refractivity contribution is -0.137. The molecule has 4 nitrogen and oxygen atoms in total. The van der Waals surface area contributed by atoms with Crippen molar-refractivity contribution in [1.29, 1.82) is 0 Å². The Morgan fingerprint density at radius 1 is 1.11 bits per heavy atom. The molecule has 0 aliphatic carbocycles. The summed E-state index contributed by atoms with van der Waals surface area (Å²) in [4.78, 5) is 16.4. The molecule has 0 unspecified atom stereocenters. The van der Waals surface area contributed by atoms with Gasteiger partial charge in [0.1, 0.15) is 16.5 Å². The van der Waals surface area contributed by atoms with Crippen molar-refractivity contribution in [1.82, 2.24) is 4.98 Å². The molecule has 28 heavy (non-hydrogen) atoms. The number of thioether (sulfide) groups is 1. The van der Waals surface area contributed by atoms with E-state index in [-0.39, 0.29) is 23.2 Å². The first-order chi connectivity index (χ1) is 13.2. The summed E-state index contributed by atoms with van der Waals surface area (Å²) >= 11 is 2.35. The number of aromatic nitrogens is 1. The third-order valence-corrected chi connectivity index (χ3v) is 5.60. The summed E-state index contributed by atoms with van der Waals surface area (Å²) in [5.74, 6) is -0.745. The normalized spacial score (nSPS) is 11.4. The zero-order valence-corrected chi connectivity index (χ0v) is 15.7. The Morgan fingerprint density at radius 3 is 2.36 bits per heavy atom. The van der Waals surface area contributed by atoms with Crippen LogP contribution in [0.5, 0.6) is 0 Å². The van der Waals surface area contributed by atoms with Crippen molar-refractivity contribution in [2.75, 3.05) is 16.8 Å². The minimum absolute atomic E-state index is 0.0107. The number of carbonyl (C=O) groups is 1. The Balaban J connectivity index is 1.59. The fourth-order valence-electron chi connectivity index (χ4n) is 2.25. The maximum atomic E-state index is 13.0. The second-order valence-corrected chi connectivity index (χ2v) is 7.86. The largest absolute Gasteiger partial charge is 0.416 e. The molecule has 0 aliphatic rings. The van der Waals surface area contributed by atoms with Crippen LogP contribution in [0.1, 0.15) is 5.56 Å². The quantitative estimate of drug-likeness (QED) is 0.429. The summed E-state index contributed by atoms with van der Waals surface area (Å²) < 4.78 is 51.2. The van der Waals surface area contributed by atoms with Gasteiger partial charge in [-0.2, -0.15) is 13.2 Å². The zero-order valence-electron chi connectivity index (χ0n) is 14.1. The molecule has 1 aromatic heterocycles. The Labute approximate surface area is 165 Å². The number of rotatable bonds is 5. The first-order valence-electron chi connectivity index (χ1n) is 7.84. The van der Waals surface area contributed by atoms with Crippen molar-refractivity contribution < 1.29 is 22.4 Å². The number of alkyl halides is 3. The van der Waals surface area contributed by atoms with E-state index in [9.17, 15) is 22.4 Å². The van der Waals surface area contributed by atoms with Crippen LogP contribution in [-0.2, 0) is 11.0 Å². The average Bonchev–Trinajstić information content (AvgIpc) is 3.01. The minimum atomic E-state index is -4.43. The van der Waals surface area contributed by atoms with Crippen LogP contribution < -0.4 is 11.1 Å². The maximum absolute atomic E-state index is 13.0. The van der Waals surface area contributed by atoms with Crippen LogP contribution in [0.15, 0.2) is 52.9 Å². The number of hydrogen-bond donors (Lipinski definition) is 2. The van der Waals surface area contributed by atoms with Crippen LogP contribution in [0.3, 0.4) is 0 Å². The summed E-state index contributed by atoms with van der Waals surface area (Å²) in [6, 6.07) is 9.92. The number of nitrogens with one attached hydrogen (secondary N) is 1. The number of thiazole rings is 1. The number of amides is 1. The number of nitrogen functional groups attached to an aromatic ring is 1. The maximum Gasteiger partial charge on any atom is 0.416 e. The number of benzene rings is 2. The highest BCUT2D eigenvalue weighted by molar-refractivity contribution is 8.01. The van der Waals surface area contributed by atoms with E-state index >= 15 is 0 Å². The standard InChI is InChI=1S/C18H13F4N3OS2/c19-12-5-1-10(2-6-12)15-16(23)28-17(25-15)27-9-14(26)24-13-7-3-11(4-8-13)18(20,21)22/h1-8H,9,23H2,(H,24,26). The predicted molar refractivity (Wildman–Crippen MR) is 103 cm³/mol.